The summed E-state index contributed by atoms with van der Waals surface area (Å²) in [5.41, 5.74) is 2.23. The molecule has 2 fully saturated rings. The van der Waals surface area contributed by atoms with Gasteiger partial charge in [0.25, 0.3) is 0 Å². The van der Waals surface area contributed by atoms with Crippen LogP contribution in [-0.2, 0) is 16.0 Å². The zero-order valence-corrected chi connectivity index (χ0v) is 19.6. The van der Waals surface area contributed by atoms with Crippen molar-refractivity contribution in [3.63, 3.8) is 0 Å². The molecule has 0 spiro atoms. The first-order chi connectivity index (χ1) is 15.4. The normalized spacial score (nSPS) is 21.3. The van der Waals surface area contributed by atoms with Gasteiger partial charge in [0, 0.05) is 61.6 Å². The Bertz CT molecular complexity index is 936. The Kier molecular flexibility index (Phi) is 7.38. The fourth-order valence-corrected chi connectivity index (χ4v) is 4.48. The number of carbonyl (C=O) groups is 1. The average Bonchev–Trinajstić information content (AvgIpc) is 2.80. The van der Waals surface area contributed by atoms with Crippen LogP contribution < -0.4 is 10.6 Å². The Morgan fingerprint density at radius 3 is 2.81 bits per heavy atom. The number of carbonyl (C=O) groups excluding carboxylic acids is 1. The SMILES string of the molecule is CC1(C)CC[C@@H](C(=O)Cc2cc(-c3cncc(NCC4CCOCC4)n3)c(Cl)cn2)CN1. The minimum atomic E-state index is 0.0291. The Balaban J connectivity index is 1.42. The third-order valence-electron chi connectivity index (χ3n) is 6.49. The number of hydrogen-bond donors (Lipinski definition) is 2. The smallest absolute Gasteiger partial charge is 0.145 e. The van der Waals surface area contributed by atoms with E-state index in [0.717, 1.165) is 63.4 Å². The number of halogens is 1. The third-order valence-corrected chi connectivity index (χ3v) is 6.79. The molecule has 2 aliphatic heterocycles. The summed E-state index contributed by atoms with van der Waals surface area (Å²) >= 11 is 6.44. The molecule has 4 rings (SSSR count). The summed E-state index contributed by atoms with van der Waals surface area (Å²) in [7, 11) is 0. The Labute approximate surface area is 194 Å². The number of rotatable bonds is 7. The van der Waals surface area contributed by atoms with Crippen LogP contribution in [0.5, 0.6) is 0 Å². The number of pyridine rings is 1. The molecule has 172 valence electrons. The van der Waals surface area contributed by atoms with Crippen molar-refractivity contribution in [3.8, 4) is 11.3 Å². The van der Waals surface area contributed by atoms with Crippen LogP contribution in [0.1, 0.15) is 45.2 Å². The van der Waals surface area contributed by atoms with E-state index in [1.807, 2.05) is 6.07 Å². The quantitative estimate of drug-likeness (QED) is 0.651. The molecule has 0 bridgehead atoms. The number of Topliss-reactive ketones (excluding diaryl/α,β-unsaturated/α-hetero) is 1. The molecular weight excluding hydrogens is 426 g/mol. The zero-order chi connectivity index (χ0) is 22.6. The highest BCUT2D eigenvalue weighted by Gasteiger charge is 2.30. The standard InChI is InChI=1S/C24H32ClN5O2/c1-24(2)6-3-17(12-29-24)22(31)10-18-9-19(20(25)13-27-18)21-14-26-15-23(30-21)28-11-16-4-7-32-8-5-16/h9,13-17,29H,3-8,10-12H2,1-2H3,(H,28,30)/t17-/m1/s1. The van der Waals surface area contributed by atoms with Crippen LogP contribution in [0.4, 0.5) is 5.82 Å². The largest absolute Gasteiger partial charge is 0.381 e. The van der Waals surface area contributed by atoms with E-state index in [-0.39, 0.29) is 17.2 Å². The first-order valence-electron chi connectivity index (χ1n) is 11.5. The number of piperidine rings is 1. The van der Waals surface area contributed by atoms with E-state index >= 15 is 0 Å². The minimum absolute atomic E-state index is 0.0291. The van der Waals surface area contributed by atoms with E-state index < -0.39 is 0 Å². The number of hydrogen-bond acceptors (Lipinski definition) is 7. The number of ether oxygens (including phenoxy) is 1. The molecule has 0 aliphatic carbocycles. The Morgan fingerprint density at radius 1 is 1.25 bits per heavy atom. The van der Waals surface area contributed by atoms with Gasteiger partial charge in [0.15, 0.2) is 0 Å². The van der Waals surface area contributed by atoms with Gasteiger partial charge in [-0.25, -0.2) is 4.98 Å². The first kappa shape index (κ1) is 23.1. The highest BCUT2D eigenvalue weighted by atomic mass is 35.5. The van der Waals surface area contributed by atoms with Crippen LogP contribution in [0.15, 0.2) is 24.7 Å². The third kappa shape index (κ3) is 6.03. The molecule has 1 atom stereocenters. The molecular formula is C24H32ClN5O2. The second-order valence-corrected chi connectivity index (χ2v) is 9.93. The van der Waals surface area contributed by atoms with E-state index in [4.69, 9.17) is 21.3 Å². The van der Waals surface area contributed by atoms with Gasteiger partial charge in [-0.2, -0.15) is 0 Å². The summed E-state index contributed by atoms with van der Waals surface area (Å²) in [4.78, 5) is 26.3. The number of aromatic nitrogens is 3. The highest BCUT2D eigenvalue weighted by molar-refractivity contribution is 6.33. The van der Waals surface area contributed by atoms with Crippen molar-refractivity contribution in [2.45, 2.75) is 51.5 Å². The number of nitrogens with zero attached hydrogens (tertiary/aromatic N) is 3. The summed E-state index contributed by atoms with van der Waals surface area (Å²) in [5, 5.41) is 7.36. The van der Waals surface area contributed by atoms with Crippen molar-refractivity contribution >= 4 is 23.2 Å². The minimum Gasteiger partial charge on any atom is -0.381 e. The lowest BCUT2D eigenvalue weighted by atomic mass is 9.84. The molecule has 0 unspecified atom stereocenters. The van der Waals surface area contributed by atoms with Gasteiger partial charge in [-0.3, -0.25) is 14.8 Å². The predicted molar refractivity (Wildman–Crippen MR) is 126 cm³/mol. The molecule has 2 aromatic rings. The van der Waals surface area contributed by atoms with Crippen molar-refractivity contribution in [1.29, 1.82) is 0 Å². The molecule has 2 aromatic heterocycles. The number of anilines is 1. The van der Waals surface area contributed by atoms with Crippen LogP contribution in [-0.4, -0.2) is 52.6 Å². The fraction of sp³-hybridized carbons (Fsp3) is 0.583. The second kappa shape index (κ2) is 10.2. The molecule has 4 heterocycles. The summed E-state index contributed by atoms with van der Waals surface area (Å²) in [6.45, 7) is 7.56. The lowest BCUT2D eigenvalue weighted by Gasteiger charge is -2.35. The van der Waals surface area contributed by atoms with Gasteiger partial charge in [0.2, 0.25) is 0 Å². The molecule has 7 nitrogen and oxygen atoms in total. The van der Waals surface area contributed by atoms with Crippen molar-refractivity contribution in [2.24, 2.45) is 11.8 Å². The van der Waals surface area contributed by atoms with Gasteiger partial charge >= 0.3 is 0 Å². The lowest BCUT2D eigenvalue weighted by Crippen LogP contribution is -2.48. The molecule has 2 N–H and O–H groups in total. The van der Waals surface area contributed by atoms with E-state index in [9.17, 15) is 4.79 Å². The lowest BCUT2D eigenvalue weighted by molar-refractivity contribution is -0.123. The predicted octanol–water partition coefficient (Wildman–Crippen LogP) is 3.92. The molecule has 0 radical (unpaired) electrons. The fourth-order valence-electron chi connectivity index (χ4n) is 4.28. The summed E-state index contributed by atoms with van der Waals surface area (Å²) in [6.07, 6.45) is 9.33. The van der Waals surface area contributed by atoms with E-state index in [1.54, 1.807) is 18.6 Å². The maximum Gasteiger partial charge on any atom is 0.145 e. The number of ketones is 1. The average molecular weight is 458 g/mol. The van der Waals surface area contributed by atoms with Crippen LogP contribution in [0.3, 0.4) is 0 Å². The van der Waals surface area contributed by atoms with Gasteiger partial charge in [0.05, 0.1) is 23.1 Å². The van der Waals surface area contributed by atoms with E-state index in [0.29, 0.717) is 28.7 Å². The Morgan fingerprint density at radius 2 is 2.06 bits per heavy atom. The van der Waals surface area contributed by atoms with Gasteiger partial charge in [-0.1, -0.05) is 11.6 Å². The van der Waals surface area contributed by atoms with E-state index in [1.165, 1.54) is 0 Å². The van der Waals surface area contributed by atoms with Crippen molar-refractivity contribution in [3.05, 3.63) is 35.4 Å². The van der Waals surface area contributed by atoms with Gasteiger partial charge in [0.1, 0.15) is 11.6 Å². The molecule has 2 saturated heterocycles. The van der Waals surface area contributed by atoms with Gasteiger partial charge in [-0.15, -0.1) is 0 Å². The van der Waals surface area contributed by atoms with Crippen LogP contribution in [0.25, 0.3) is 11.3 Å². The molecule has 8 heteroatoms. The van der Waals surface area contributed by atoms with Crippen molar-refractivity contribution in [2.75, 3.05) is 31.6 Å². The highest BCUT2D eigenvalue weighted by Crippen LogP contribution is 2.28. The van der Waals surface area contributed by atoms with Crippen LogP contribution in [0.2, 0.25) is 5.02 Å². The molecule has 0 aromatic carbocycles. The van der Waals surface area contributed by atoms with Gasteiger partial charge in [-0.05, 0) is 51.5 Å². The summed E-state index contributed by atoms with van der Waals surface area (Å²) in [5.74, 6) is 1.54. The first-order valence-corrected chi connectivity index (χ1v) is 11.8. The van der Waals surface area contributed by atoms with E-state index in [2.05, 4.69) is 34.4 Å². The van der Waals surface area contributed by atoms with Crippen molar-refractivity contribution in [1.82, 2.24) is 20.3 Å². The maximum absolute atomic E-state index is 12.8. The van der Waals surface area contributed by atoms with Crippen LogP contribution in [0, 0.1) is 11.8 Å². The second-order valence-electron chi connectivity index (χ2n) is 9.53. The molecule has 2 aliphatic rings. The van der Waals surface area contributed by atoms with Gasteiger partial charge < -0.3 is 15.4 Å². The number of nitrogens with one attached hydrogen (secondary N) is 2. The molecule has 32 heavy (non-hydrogen) atoms. The topological polar surface area (TPSA) is 89.0 Å². The van der Waals surface area contributed by atoms with Crippen LogP contribution >= 0.6 is 11.6 Å². The summed E-state index contributed by atoms with van der Waals surface area (Å²) < 4.78 is 5.42. The molecule has 0 saturated carbocycles. The molecule has 0 amide bonds. The van der Waals surface area contributed by atoms with Crippen molar-refractivity contribution < 1.29 is 9.53 Å². The summed E-state index contributed by atoms with van der Waals surface area (Å²) in [6, 6.07) is 1.87. The monoisotopic (exact) mass is 457 g/mol. The Hall–Kier alpha value is -2.09. The maximum atomic E-state index is 12.8. The zero-order valence-electron chi connectivity index (χ0n) is 18.9.